The van der Waals surface area contributed by atoms with Crippen LogP contribution in [0.4, 0.5) is 5.82 Å². The third kappa shape index (κ3) is 6.95. The van der Waals surface area contributed by atoms with E-state index in [1.54, 1.807) is 0 Å². The highest BCUT2D eigenvalue weighted by molar-refractivity contribution is 9.10. The molecule has 1 aromatic heterocycles. The second-order valence-electron chi connectivity index (χ2n) is 5.19. The molecular weight excluding hydrogens is 300 g/mol. The van der Waals surface area contributed by atoms with Crippen molar-refractivity contribution < 1.29 is 0 Å². The van der Waals surface area contributed by atoms with Gasteiger partial charge >= 0.3 is 0 Å². The van der Waals surface area contributed by atoms with E-state index in [4.69, 9.17) is 0 Å². The maximum Gasteiger partial charge on any atom is 0.140 e. The van der Waals surface area contributed by atoms with Crippen LogP contribution in [-0.4, -0.2) is 11.5 Å². The molecule has 0 saturated heterocycles. The summed E-state index contributed by atoms with van der Waals surface area (Å²) < 4.78 is 1.09. The fraction of sp³-hybridized carbons (Fsp3) is 0.688. The van der Waals surface area contributed by atoms with E-state index in [1.807, 2.05) is 12.3 Å². The molecule has 0 aromatic carbocycles. The van der Waals surface area contributed by atoms with Crippen LogP contribution >= 0.6 is 15.9 Å². The van der Waals surface area contributed by atoms with Gasteiger partial charge in [0.1, 0.15) is 5.82 Å². The van der Waals surface area contributed by atoms with Gasteiger partial charge in [0.2, 0.25) is 0 Å². The first-order chi connectivity index (χ1) is 9.25. The van der Waals surface area contributed by atoms with Crippen molar-refractivity contribution in [1.29, 1.82) is 0 Å². The zero-order chi connectivity index (χ0) is 13.9. The lowest BCUT2D eigenvalue weighted by atomic mass is 10.1. The summed E-state index contributed by atoms with van der Waals surface area (Å²) in [6.45, 7) is 5.38. The van der Waals surface area contributed by atoms with Gasteiger partial charge in [-0.2, -0.15) is 0 Å². The molecule has 1 heterocycles. The largest absolute Gasteiger partial charge is 0.369 e. The molecule has 2 nitrogen and oxygen atoms in total. The second kappa shape index (κ2) is 10.2. The van der Waals surface area contributed by atoms with Crippen molar-refractivity contribution in [1.82, 2.24) is 4.98 Å². The number of nitrogens with zero attached hydrogens (tertiary/aromatic N) is 1. The lowest BCUT2D eigenvalue weighted by molar-refractivity contribution is 0.581. The first kappa shape index (κ1) is 16.5. The van der Waals surface area contributed by atoms with Crippen molar-refractivity contribution in [2.75, 3.05) is 11.9 Å². The zero-order valence-corrected chi connectivity index (χ0v) is 13.9. The Labute approximate surface area is 126 Å². The Balaban J connectivity index is 2.03. The van der Waals surface area contributed by atoms with E-state index in [0.717, 1.165) is 16.8 Å². The predicted molar refractivity (Wildman–Crippen MR) is 87.8 cm³/mol. The molecule has 108 valence electrons. The van der Waals surface area contributed by atoms with Crippen LogP contribution in [0, 0.1) is 6.92 Å². The van der Waals surface area contributed by atoms with Crippen molar-refractivity contribution in [2.24, 2.45) is 0 Å². The van der Waals surface area contributed by atoms with E-state index in [1.165, 1.54) is 56.9 Å². The van der Waals surface area contributed by atoms with E-state index >= 15 is 0 Å². The Kier molecular flexibility index (Phi) is 8.89. The van der Waals surface area contributed by atoms with E-state index < -0.39 is 0 Å². The summed E-state index contributed by atoms with van der Waals surface area (Å²) in [5, 5.41) is 3.41. The Morgan fingerprint density at radius 3 is 2.37 bits per heavy atom. The molecule has 0 aliphatic carbocycles. The van der Waals surface area contributed by atoms with E-state index in [-0.39, 0.29) is 0 Å². The van der Waals surface area contributed by atoms with Crippen molar-refractivity contribution in [3.05, 3.63) is 22.3 Å². The lowest BCUT2D eigenvalue weighted by Crippen LogP contribution is -2.04. The van der Waals surface area contributed by atoms with Crippen molar-refractivity contribution in [2.45, 2.75) is 65.2 Å². The SMILES string of the molecule is CCCCCCCCCCNc1nccc(C)c1Br. The number of nitrogens with one attached hydrogen (secondary N) is 1. The normalized spacial score (nSPS) is 10.7. The number of pyridine rings is 1. The maximum atomic E-state index is 4.35. The quantitative estimate of drug-likeness (QED) is 0.557. The Morgan fingerprint density at radius 2 is 1.68 bits per heavy atom. The fourth-order valence-corrected chi connectivity index (χ4v) is 2.50. The Bertz CT molecular complexity index is 353. The highest BCUT2D eigenvalue weighted by Gasteiger charge is 2.02. The van der Waals surface area contributed by atoms with Gasteiger partial charge in [0.25, 0.3) is 0 Å². The number of anilines is 1. The molecule has 19 heavy (non-hydrogen) atoms. The Morgan fingerprint density at radius 1 is 1.05 bits per heavy atom. The molecule has 3 heteroatoms. The van der Waals surface area contributed by atoms with Crippen molar-refractivity contribution in [3.8, 4) is 0 Å². The molecule has 0 aliphatic rings. The molecule has 0 radical (unpaired) electrons. The van der Waals surface area contributed by atoms with Gasteiger partial charge in [-0.25, -0.2) is 4.98 Å². The van der Waals surface area contributed by atoms with Crippen LogP contribution < -0.4 is 5.32 Å². The molecule has 1 N–H and O–H groups in total. The highest BCUT2D eigenvalue weighted by Crippen LogP contribution is 2.23. The van der Waals surface area contributed by atoms with Gasteiger partial charge in [0, 0.05) is 12.7 Å². The monoisotopic (exact) mass is 326 g/mol. The zero-order valence-electron chi connectivity index (χ0n) is 12.3. The van der Waals surface area contributed by atoms with Crippen molar-refractivity contribution >= 4 is 21.7 Å². The molecule has 0 atom stereocenters. The van der Waals surface area contributed by atoms with E-state index in [2.05, 4.69) is 40.1 Å². The summed E-state index contributed by atoms with van der Waals surface area (Å²) >= 11 is 3.57. The average Bonchev–Trinajstić information content (AvgIpc) is 2.41. The van der Waals surface area contributed by atoms with Gasteiger partial charge in [0.15, 0.2) is 0 Å². The van der Waals surface area contributed by atoms with Gasteiger partial charge in [0.05, 0.1) is 4.47 Å². The number of unbranched alkanes of at least 4 members (excludes halogenated alkanes) is 7. The van der Waals surface area contributed by atoms with Gasteiger partial charge in [-0.1, -0.05) is 51.9 Å². The molecular formula is C16H27BrN2. The minimum absolute atomic E-state index is 0.975. The van der Waals surface area contributed by atoms with Gasteiger partial charge in [-0.05, 0) is 40.9 Å². The van der Waals surface area contributed by atoms with Crippen LogP contribution in [0.3, 0.4) is 0 Å². The van der Waals surface area contributed by atoms with Crippen LogP contribution in [0.15, 0.2) is 16.7 Å². The minimum atomic E-state index is 0.975. The molecule has 1 aromatic rings. The minimum Gasteiger partial charge on any atom is -0.369 e. The van der Waals surface area contributed by atoms with Crippen LogP contribution in [0.1, 0.15) is 63.9 Å². The average molecular weight is 327 g/mol. The third-order valence-corrected chi connectivity index (χ3v) is 4.41. The standard InChI is InChI=1S/C16H27BrN2/c1-3-4-5-6-7-8-9-10-12-18-16-15(17)14(2)11-13-19-16/h11,13H,3-10,12H2,1-2H3,(H,18,19). The van der Waals surface area contributed by atoms with Gasteiger partial charge in [-0.15, -0.1) is 0 Å². The van der Waals surface area contributed by atoms with E-state index in [9.17, 15) is 0 Å². The number of hydrogen-bond acceptors (Lipinski definition) is 2. The van der Waals surface area contributed by atoms with Crippen LogP contribution in [0.5, 0.6) is 0 Å². The summed E-state index contributed by atoms with van der Waals surface area (Å²) in [5.74, 6) is 0.975. The fourth-order valence-electron chi connectivity index (χ4n) is 2.13. The highest BCUT2D eigenvalue weighted by atomic mass is 79.9. The number of aryl methyl sites for hydroxylation is 1. The molecule has 0 fully saturated rings. The van der Waals surface area contributed by atoms with Crippen LogP contribution in [-0.2, 0) is 0 Å². The summed E-state index contributed by atoms with van der Waals surface area (Å²) in [6, 6.07) is 2.02. The molecule has 0 spiro atoms. The van der Waals surface area contributed by atoms with Crippen LogP contribution in [0.25, 0.3) is 0 Å². The topological polar surface area (TPSA) is 24.9 Å². The predicted octanol–water partition coefficient (Wildman–Crippen LogP) is 5.71. The summed E-state index contributed by atoms with van der Waals surface area (Å²) in [7, 11) is 0. The molecule has 0 saturated carbocycles. The summed E-state index contributed by atoms with van der Waals surface area (Å²) in [6.07, 6.45) is 12.7. The maximum absolute atomic E-state index is 4.35. The summed E-state index contributed by atoms with van der Waals surface area (Å²) in [4.78, 5) is 4.35. The summed E-state index contributed by atoms with van der Waals surface area (Å²) in [5.41, 5.74) is 1.23. The van der Waals surface area contributed by atoms with E-state index in [0.29, 0.717) is 0 Å². The number of halogens is 1. The molecule has 0 amide bonds. The molecule has 0 bridgehead atoms. The number of hydrogen-bond donors (Lipinski definition) is 1. The van der Waals surface area contributed by atoms with Crippen molar-refractivity contribution in [3.63, 3.8) is 0 Å². The molecule has 1 rings (SSSR count). The smallest absolute Gasteiger partial charge is 0.140 e. The molecule has 0 aliphatic heterocycles. The number of rotatable bonds is 10. The number of aromatic nitrogens is 1. The van der Waals surface area contributed by atoms with Crippen LogP contribution in [0.2, 0.25) is 0 Å². The van der Waals surface area contributed by atoms with Gasteiger partial charge < -0.3 is 5.32 Å². The Hall–Kier alpha value is -0.570. The first-order valence-electron chi connectivity index (χ1n) is 7.60. The first-order valence-corrected chi connectivity index (χ1v) is 8.40. The second-order valence-corrected chi connectivity index (χ2v) is 5.99. The van der Waals surface area contributed by atoms with Gasteiger partial charge in [-0.3, -0.25) is 0 Å². The molecule has 0 unspecified atom stereocenters. The lowest BCUT2D eigenvalue weighted by Gasteiger charge is -2.08. The third-order valence-electron chi connectivity index (χ3n) is 3.41.